The Morgan fingerprint density at radius 1 is 0.317 bits per heavy atom. The smallest absolute Gasteiger partial charge is 0.306 e. The zero-order valence-corrected chi connectivity index (χ0v) is 42.4. The fourth-order valence-corrected chi connectivity index (χ4v) is 8.24. The van der Waals surface area contributed by atoms with Crippen LogP contribution in [0.15, 0.2) is 24.3 Å². The van der Waals surface area contributed by atoms with Gasteiger partial charge in [0.15, 0.2) is 6.10 Å². The number of rotatable bonds is 51. The van der Waals surface area contributed by atoms with E-state index < -0.39 is 6.10 Å². The Kier molecular flexibility index (Phi) is 50.8. The molecule has 0 saturated carbocycles. The van der Waals surface area contributed by atoms with Crippen LogP contribution in [0.1, 0.15) is 303 Å². The van der Waals surface area contributed by atoms with Gasteiger partial charge in [-0.25, -0.2) is 0 Å². The van der Waals surface area contributed by atoms with Crippen LogP contribution < -0.4 is 0 Å². The molecule has 0 aliphatic carbocycles. The van der Waals surface area contributed by atoms with Crippen molar-refractivity contribution in [3.63, 3.8) is 0 Å². The van der Waals surface area contributed by atoms with E-state index in [1.807, 2.05) is 0 Å². The molecule has 63 heavy (non-hydrogen) atoms. The molecule has 0 saturated heterocycles. The summed E-state index contributed by atoms with van der Waals surface area (Å²) in [7, 11) is 0. The van der Waals surface area contributed by atoms with Crippen molar-refractivity contribution in [1.82, 2.24) is 0 Å². The number of allylic oxidation sites excluding steroid dienone is 4. The van der Waals surface area contributed by atoms with E-state index in [-0.39, 0.29) is 31.1 Å². The minimum atomic E-state index is -0.772. The average molecular weight is 887 g/mol. The molecule has 0 fully saturated rings. The molecule has 0 bridgehead atoms. The molecule has 0 radical (unpaired) electrons. The molecule has 1 unspecified atom stereocenters. The minimum absolute atomic E-state index is 0.0723. The molecular formula is C57H106O6. The van der Waals surface area contributed by atoms with Crippen molar-refractivity contribution in [2.24, 2.45) is 0 Å². The van der Waals surface area contributed by atoms with Gasteiger partial charge in [-0.2, -0.15) is 0 Å². The summed E-state index contributed by atoms with van der Waals surface area (Å²) < 4.78 is 16.8. The highest BCUT2D eigenvalue weighted by molar-refractivity contribution is 5.71. The summed E-state index contributed by atoms with van der Waals surface area (Å²) in [5.41, 5.74) is 0. The topological polar surface area (TPSA) is 78.9 Å². The molecule has 0 heterocycles. The number of ether oxygens (including phenoxy) is 3. The van der Waals surface area contributed by atoms with Gasteiger partial charge < -0.3 is 14.2 Å². The molecule has 1 atom stereocenters. The molecule has 0 N–H and O–H groups in total. The van der Waals surface area contributed by atoms with E-state index in [0.717, 1.165) is 77.0 Å². The summed E-state index contributed by atoms with van der Waals surface area (Å²) >= 11 is 0. The molecule has 0 aromatic carbocycles. The Morgan fingerprint density at radius 3 is 0.905 bits per heavy atom. The lowest BCUT2D eigenvalue weighted by Crippen LogP contribution is -2.30. The molecular weight excluding hydrogens is 781 g/mol. The van der Waals surface area contributed by atoms with Crippen LogP contribution in [-0.4, -0.2) is 37.2 Å². The molecule has 0 aliphatic rings. The van der Waals surface area contributed by atoms with Crippen molar-refractivity contribution in [2.75, 3.05) is 13.2 Å². The molecule has 0 aliphatic heterocycles. The Bertz CT molecular complexity index is 1020. The van der Waals surface area contributed by atoms with Crippen molar-refractivity contribution in [2.45, 2.75) is 309 Å². The van der Waals surface area contributed by atoms with Gasteiger partial charge in [0.2, 0.25) is 0 Å². The fourth-order valence-electron chi connectivity index (χ4n) is 8.24. The highest BCUT2D eigenvalue weighted by Gasteiger charge is 2.19. The van der Waals surface area contributed by atoms with E-state index in [1.54, 1.807) is 0 Å². The maximum Gasteiger partial charge on any atom is 0.306 e. The third-order valence-electron chi connectivity index (χ3n) is 12.5. The van der Waals surface area contributed by atoms with Crippen molar-refractivity contribution in [3.05, 3.63) is 24.3 Å². The van der Waals surface area contributed by atoms with E-state index in [1.165, 1.54) is 186 Å². The lowest BCUT2D eigenvalue weighted by atomic mass is 10.0. The van der Waals surface area contributed by atoms with E-state index in [9.17, 15) is 14.4 Å². The van der Waals surface area contributed by atoms with Gasteiger partial charge in [0.05, 0.1) is 0 Å². The second-order valence-electron chi connectivity index (χ2n) is 18.9. The molecule has 370 valence electrons. The Balaban J connectivity index is 4.18. The Morgan fingerprint density at radius 2 is 0.571 bits per heavy atom. The van der Waals surface area contributed by atoms with Crippen molar-refractivity contribution >= 4 is 17.9 Å². The maximum atomic E-state index is 12.8. The van der Waals surface area contributed by atoms with Gasteiger partial charge >= 0.3 is 17.9 Å². The number of carbonyl (C=O) groups is 3. The first-order valence-electron chi connectivity index (χ1n) is 27.8. The van der Waals surface area contributed by atoms with E-state index in [4.69, 9.17) is 14.2 Å². The summed E-state index contributed by atoms with van der Waals surface area (Å²) in [6.07, 6.45) is 60.4. The zero-order valence-electron chi connectivity index (χ0n) is 42.4. The monoisotopic (exact) mass is 887 g/mol. The second-order valence-corrected chi connectivity index (χ2v) is 18.9. The van der Waals surface area contributed by atoms with Gasteiger partial charge in [-0.05, 0) is 51.4 Å². The SMILES string of the molecule is CCCCC/C=C\C/C=C\CCCCCCCC(=O)OC(COC(=O)CCCCCCCCCC)COC(=O)CCCCCCCCCCCCCCCCCCCCCCCC. The van der Waals surface area contributed by atoms with Gasteiger partial charge in [-0.15, -0.1) is 0 Å². The van der Waals surface area contributed by atoms with Gasteiger partial charge in [0.25, 0.3) is 0 Å². The van der Waals surface area contributed by atoms with E-state index in [0.29, 0.717) is 19.3 Å². The quantitative estimate of drug-likeness (QED) is 0.0262. The zero-order chi connectivity index (χ0) is 45.8. The second kappa shape index (κ2) is 52.5. The van der Waals surface area contributed by atoms with Crippen LogP contribution in [-0.2, 0) is 28.6 Å². The summed E-state index contributed by atoms with van der Waals surface area (Å²) in [4.78, 5) is 37.9. The number of carbonyl (C=O) groups excluding carboxylic acids is 3. The number of esters is 3. The third-order valence-corrected chi connectivity index (χ3v) is 12.5. The van der Waals surface area contributed by atoms with Crippen LogP contribution in [0.4, 0.5) is 0 Å². The van der Waals surface area contributed by atoms with Gasteiger partial charge in [-0.3, -0.25) is 14.4 Å². The van der Waals surface area contributed by atoms with Gasteiger partial charge in [0.1, 0.15) is 13.2 Å². The predicted octanol–water partition coefficient (Wildman–Crippen LogP) is 18.3. The average Bonchev–Trinajstić information content (AvgIpc) is 3.28. The number of unbranched alkanes of at least 4 members (excludes halogenated alkanes) is 36. The van der Waals surface area contributed by atoms with Crippen molar-refractivity contribution < 1.29 is 28.6 Å². The Hall–Kier alpha value is -2.11. The lowest BCUT2D eigenvalue weighted by molar-refractivity contribution is -0.167. The summed E-state index contributed by atoms with van der Waals surface area (Å²) in [5, 5.41) is 0. The van der Waals surface area contributed by atoms with Crippen LogP contribution >= 0.6 is 0 Å². The standard InChI is InChI=1S/C57H106O6/c1-4-7-10-13-16-19-21-23-25-26-27-28-29-30-31-33-34-36-38-41-44-47-50-56(59)62-53-54(52-61-55(58)49-46-43-40-18-15-12-9-6-3)63-57(60)51-48-45-42-39-37-35-32-24-22-20-17-14-11-8-5-2/h17,20,24,32,54H,4-16,18-19,21-23,25-31,33-53H2,1-3H3/b20-17-,32-24-. The van der Waals surface area contributed by atoms with Gasteiger partial charge in [-0.1, -0.05) is 257 Å². The highest BCUT2D eigenvalue weighted by Crippen LogP contribution is 2.17. The minimum Gasteiger partial charge on any atom is -0.462 e. The Labute approximate surface area is 392 Å². The van der Waals surface area contributed by atoms with Crippen LogP contribution in [0, 0.1) is 0 Å². The fraction of sp³-hybridized carbons (Fsp3) is 0.877. The van der Waals surface area contributed by atoms with Gasteiger partial charge in [0, 0.05) is 19.3 Å². The first-order valence-corrected chi connectivity index (χ1v) is 27.8. The lowest BCUT2D eigenvalue weighted by Gasteiger charge is -2.18. The molecule has 6 nitrogen and oxygen atoms in total. The summed E-state index contributed by atoms with van der Waals surface area (Å²) in [6, 6.07) is 0. The van der Waals surface area contributed by atoms with E-state index in [2.05, 4.69) is 45.1 Å². The first kappa shape index (κ1) is 60.9. The normalized spacial score (nSPS) is 12.1. The van der Waals surface area contributed by atoms with Crippen molar-refractivity contribution in [1.29, 1.82) is 0 Å². The highest BCUT2D eigenvalue weighted by atomic mass is 16.6. The van der Waals surface area contributed by atoms with Crippen molar-refractivity contribution in [3.8, 4) is 0 Å². The van der Waals surface area contributed by atoms with E-state index >= 15 is 0 Å². The molecule has 0 spiro atoms. The van der Waals surface area contributed by atoms with Crippen LogP contribution in [0.5, 0.6) is 0 Å². The number of hydrogen-bond acceptors (Lipinski definition) is 6. The largest absolute Gasteiger partial charge is 0.462 e. The molecule has 0 aromatic rings. The van der Waals surface area contributed by atoms with Crippen LogP contribution in [0.25, 0.3) is 0 Å². The molecule has 0 aromatic heterocycles. The molecule has 6 heteroatoms. The third kappa shape index (κ3) is 50.7. The van der Waals surface area contributed by atoms with Crippen LogP contribution in [0.3, 0.4) is 0 Å². The molecule has 0 rings (SSSR count). The first-order chi connectivity index (χ1) is 31.0. The maximum absolute atomic E-state index is 12.8. The number of hydrogen-bond donors (Lipinski definition) is 0. The summed E-state index contributed by atoms with van der Waals surface area (Å²) in [6.45, 7) is 6.61. The predicted molar refractivity (Wildman–Crippen MR) is 270 cm³/mol. The van der Waals surface area contributed by atoms with Crippen LogP contribution in [0.2, 0.25) is 0 Å². The summed E-state index contributed by atoms with van der Waals surface area (Å²) in [5.74, 6) is -0.875. The molecule has 0 amide bonds.